The van der Waals surface area contributed by atoms with E-state index >= 15 is 0 Å². The quantitative estimate of drug-likeness (QED) is 0.854. The first-order chi connectivity index (χ1) is 9.15. The summed E-state index contributed by atoms with van der Waals surface area (Å²) in [7, 11) is 1.96. The second-order valence-corrected chi connectivity index (χ2v) is 5.83. The Morgan fingerprint density at radius 2 is 1.95 bits per heavy atom. The first-order valence-electron chi connectivity index (χ1n) is 6.39. The van der Waals surface area contributed by atoms with Gasteiger partial charge in [0.25, 0.3) is 0 Å². The Bertz CT molecular complexity index is 532. The van der Waals surface area contributed by atoms with Crippen LogP contribution in [-0.2, 0) is 7.05 Å². The molecule has 1 unspecified atom stereocenters. The van der Waals surface area contributed by atoms with Crippen LogP contribution in [0.4, 0.5) is 0 Å². The van der Waals surface area contributed by atoms with Crippen molar-refractivity contribution in [2.75, 3.05) is 6.61 Å². The largest absolute Gasteiger partial charge is 0.395 e. The Balaban J connectivity index is 2.25. The van der Waals surface area contributed by atoms with E-state index in [1.165, 1.54) is 5.56 Å². The summed E-state index contributed by atoms with van der Waals surface area (Å²) in [5, 5.41) is 18.7. The lowest BCUT2D eigenvalue weighted by atomic mass is 10.1. The average molecular weight is 277 g/mol. The summed E-state index contributed by atoms with van der Waals surface area (Å²) in [5.74, 6) is 0.857. The lowest BCUT2D eigenvalue weighted by Gasteiger charge is -2.10. The Kier molecular flexibility index (Phi) is 4.61. The van der Waals surface area contributed by atoms with Gasteiger partial charge in [-0.15, -0.1) is 10.2 Å². The summed E-state index contributed by atoms with van der Waals surface area (Å²) in [5.41, 5.74) is 2.29. The number of aryl methyl sites for hydroxylation is 1. The minimum atomic E-state index is 0.161. The van der Waals surface area contributed by atoms with E-state index in [0.717, 1.165) is 23.0 Å². The van der Waals surface area contributed by atoms with Crippen molar-refractivity contribution < 1.29 is 5.11 Å². The standard InChI is InChI=1S/C14H19N3OS/c1-4-12(9-18)19-14-16-15-13(17(14)3)11-7-5-10(2)6-8-11/h5-8,12,18H,4,9H2,1-3H3. The summed E-state index contributed by atoms with van der Waals surface area (Å²) in [4.78, 5) is 0. The normalized spacial score (nSPS) is 12.6. The van der Waals surface area contributed by atoms with Crippen LogP contribution in [0.1, 0.15) is 18.9 Å². The fourth-order valence-electron chi connectivity index (χ4n) is 1.77. The zero-order chi connectivity index (χ0) is 13.8. The van der Waals surface area contributed by atoms with E-state index in [1.54, 1.807) is 11.8 Å². The number of benzene rings is 1. The van der Waals surface area contributed by atoms with Crippen LogP contribution in [0, 0.1) is 6.92 Å². The van der Waals surface area contributed by atoms with Crippen LogP contribution in [-0.4, -0.2) is 31.7 Å². The van der Waals surface area contributed by atoms with Crippen molar-refractivity contribution in [3.8, 4) is 11.4 Å². The minimum Gasteiger partial charge on any atom is -0.395 e. The van der Waals surface area contributed by atoms with Crippen molar-refractivity contribution in [3.05, 3.63) is 29.8 Å². The molecule has 2 aromatic rings. The third-order valence-electron chi connectivity index (χ3n) is 3.08. The van der Waals surface area contributed by atoms with E-state index < -0.39 is 0 Å². The van der Waals surface area contributed by atoms with E-state index in [9.17, 15) is 5.11 Å². The van der Waals surface area contributed by atoms with Crippen LogP contribution < -0.4 is 0 Å². The van der Waals surface area contributed by atoms with Gasteiger partial charge in [0.15, 0.2) is 11.0 Å². The molecule has 1 atom stereocenters. The first-order valence-corrected chi connectivity index (χ1v) is 7.27. The highest BCUT2D eigenvalue weighted by Gasteiger charge is 2.15. The van der Waals surface area contributed by atoms with Crippen molar-refractivity contribution in [1.82, 2.24) is 14.8 Å². The molecule has 0 bridgehead atoms. The van der Waals surface area contributed by atoms with Crippen molar-refractivity contribution in [1.29, 1.82) is 0 Å². The molecule has 0 spiro atoms. The molecule has 0 aliphatic heterocycles. The molecule has 0 amide bonds. The van der Waals surface area contributed by atoms with Gasteiger partial charge in [-0.05, 0) is 13.3 Å². The lowest BCUT2D eigenvalue weighted by molar-refractivity contribution is 0.292. The number of aliphatic hydroxyl groups excluding tert-OH is 1. The summed E-state index contributed by atoms with van der Waals surface area (Å²) >= 11 is 1.57. The highest BCUT2D eigenvalue weighted by molar-refractivity contribution is 7.99. The van der Waals surface area contributed by atoms with Crippen molar-refractivity contribution in [2.45, 2.75) is 30.7 Å². The molecule has 5 heteroatoms. The monoisotopic (exact) mass is 277 g/mol. The van der Waals surface area contributed by atoms with Gasteiger partial charge in [0.05, 0.1) is 6.61 Å². The molecular formula is C14H19N3OS. The molecule has 4 nitrogen and oxygen atoms in total. The number of hydrogen-bond donors (Lipinski definition) is 1. The van der Waals surface area contributed by atoms with E-state index in [0.29, 0.717) is 0 Å². The summed E-state index contributed by atoms with van der Waals surface area (Å²) in [6.45, 7) is 4.29. The second-order valence-electron chi connectivity index (χ2n) is 4.56. The molecule has 0 aliphatic rings. The molecule has 2 rings (SSSR count). The Morgan fingerprint density at radius 1 is 1.26 bits per heavy atom. The van der Waals surface area contributed by atoms with Crippen LogP contribution in [0.2, 0.25) is 0 Å². The van der Waals surface area contributed by atoms with Crippen LogP contribution in [0.25, 0.3) is 11.4 Å². The molecule has 1 aromatic heterocycles. The second kappa shape index (κ2) is 6.21. The average Bonchev–Trinajstić information content (AvgIpc) is 2.78. The van der Waals surface area contributed by atoms with Gasteiger partial charge in [0.2, 0.25) is 0 Å². The molecule has 0 saturated carbocycles. The van der Waals surface area contributed by atoms with Crippen LogP contribution >= 0.6 is 11.8 Å². The predicted octanol–water partition coefficient (Wildman–Crippen LogP) is 2.65. The summed E-state index contributed by atoms with van der Waals surface area (Å²) in [6, 6.07) is 8.24. The van der Waals surface area contributed by atoms with Gasteiger partial charge in [0, 0.05) is 17.9 Å². The first kappa shape index (κ1) is 14.1. The maximum atomic E-state index is 9.25. The summed E-state index contributed by atoms with van der Waals surface area (Å²) < 4.78 is 1.98. The predicted molar refractivity (Wildman–Crippen MR) is 78.2 cm³/mol. The van der Waals surface area contributed by atoms with Crippen molar-refractivity contribution >= 4 is 11.8 Å². The molecule has 1 N–H and O–H groups in total. The summed E-state index contributed by atoms with van der Waals surface area (Å²) in [6.07, 6.45) is 0.911. The van der Waals surface area contributed by atoms with E-state index in [1.807, 2.05) is 11.6 Å². The zero-order valence-corrected chi connectivity index (χ0v) is 12.3. The maximum absolute atomic E-state index is 9.25. The maximum Gasteiger partial charge on any atom is 0.191 e. The molecule has 102 valence electrons. The van der Waals surface area contributed by atoms with Crippen LogP contribution in [0.3, 0.4) is 0 Å². The number of nitrogens with zero attached hydrogens (tertiary/aromatic N) is 3. The topological polar surface area (TPSA) is 50.9 Å². The minimum absolute atomic E-state index is 0.161. The zero-order valence-electron chi connectivity index (χ0n) is 11.5. The molecule has 1 aromatic carbocycles. The van der Waals surface area contributed by atoms with E-state index in [-0.39, 0.29) is 11.9 Å². The van der Waals surface area contributed by atoms with Gasteiger partial charge in [0.1, 0.15) is 0 Å². The van der Waals surface area contributed by atoms with Crippen molar-refractivity contribution in [3.63, 3.8) is 0 Å². The number of thioether (sulfide) groups is 1. The molecule has 0 fully saturated rings. The van der Waals surface area contributed by atoms with Gasteiger partial charge in [-0.1, -0.05) is 48.5 Å². The van der Waals surface area contributed by atoms with Crippen molar-refractivity contribution in [2.24, 2.45) is 7.05 Å². The highest BCUT2D eigenvalue weighted by atomic mass is 32.2. The van der Waals surface area contributed by atoms with Gasteiger partial charge in [-0.3, -0.25) is 0 Å². The molecule has 19 heavy (non-hydrogen) atoms. The van der Waals surface area contributed by atoms with E-state index in [2.05, 4.69) is 48.3 Å². The fourth-order valence-corrected chi connectivity index (χ4v) is 2.64. The SMILES string of the molecule is CCC(CO)Sc1nnc(-c2ccc(C)cc2)n1C. The number of hydrogen-bond acceptors (Lipinski definition) is 4. The molecular weight excluding hydrogens is 258 g/mol. The smallest absolute Gasteiger partial charge is 0.191 e. The van der Waals surface area contributed by atoms with Gasteiger partial charge in [-0.25, -0.2) is 0 Å². The number of rotatable bonds is 5. The Morgan fingerprint density at radius 3 is 2.53 bits per heavy atom. The molecule has 1 heterocycles. The Hall–Kier alpha value is -1.33. The molecule has 0 saturated heterocycles. The third kappa shape index (κ3) is 3.16. The third-order valence-corrected chi connectivity index (χ3v) is 4.46. The van der Waals surface area contributed by atoms with Crippen LogP contribution in [0.15, 0.2) is 29.4 Å². The molecule has 0 aliphatic carbocycles. The van der Waals surface area contributed by atoms with Gasteiger partial charge >= 0.3 is 0 Å². The highest BCUT2D eigenvalue weighted by Crippen LogP contribution is 2.26. The molecule has 0 radical (unpaired) electrons. The fraction of sp³-hybridized carbons (Fsp3) is 0.429. The lowest BCUT2D eigenvalue weighted by Crippen LogP contribution is -2.08. The van der Waals surface area contributed by atoms with E-state index in [4.69, 9.17) is 0 Å². The number of aromatic nitrogens is 3. The van der Waals surface area contributed by atoms with Gasteiger partial charge < -0.3 is 9.67 Å². The number of aliphatic hydroxyl groups is 1. The van der Waals surface area contributed by atoms with Gasteiger partial charge in [-0.2, -0.15) is 0 Å². The van der Waals surface area contributed by atoms with Crippen LogP contribution in [0.5, 0.6) is 0 Å². The Labute approximate surface area is 117 Å².